The van der Waals surface area contributed by atoms with Gasteiger partial charge in [0.2, 0.25) is 11.9 Å². The van der Waals surface area contributed by atoms with Gasteiger partial charge in [0, 0.05) is 25.1 Å². The minimum absolute atomic E-state index is 0.169. The third-order valence-corrected chi connectivity index (χ3v) is 2.76. The quantitative estimate of drug-likeness (QED) is 0.756. The zero-order valence-electron chi connectivity index (χ0n) is 11.0. The van der Waals surface area contributed by atoms with Crippen molar-refractivity contribution in [3.8, 4) is 17.5 Å². The van der Waals surface area contributed by atoms with E-state index in [1.165, 1.54) is 0 Å². The molecule has 3 aromatic heterocycles. The van der Waals surface area contributed by atoms with Crippen LogP contribution in [0.4, 0.5) is 5.95 Å². The van der Waals surface area contributed by atoms with Gasteiger partial charge in [0.05, 0.1) is 0 Å². The summed E-state index contributed by atoms with van der Waals surface area (Å²) in [5.41, 5.74) is 6.59. The van der Waals surface area contributed by atoms with Crippen molar-refractivity contribution in [2.75, 3.05) is 5.73 Å². The lowest BCUT2D eigenvalue weighted by Gasteiger charge is -2.07. The number of aromatic nitrogens is 7. The fourth-order valence-corrected chi connectivity index (χ4v) is 1.90. The SMILES string of the molecule is CCCn1nccc1-c1nc(N)nc(-n2ccnc2)n1. The molecule has 0 unspecified atom stereocenters. The molecule has 3 rings (SSSR count). The zero-order chi connectivity index (χ0) is 13.9. The second-order valence-electron chi connectivity index (χ2n) is 4.23. The molecule has 3 heterocycles. The Hall–Kier alpha value is -2.77. The van der Waals surface area contributed by atoms with Crippen LogP contribution in [-0.2, 0) is 6.54 Å². The van der Waals surface area contributed by atoms with Gasteiger partial charge in [0.1, 0.15) is 12.0 Å². The fourth-order valence-electron chi connectivity index (χ4n) is 1.90. The van der Waals surface area contributed by atoms with Gasteiger partial charge in [-0.2, -0.15) is 20.1 Å². The van der Waals surface area contributed by atoms with Gasteiger partial charge in [-0.05, 0) is 12.5 Å². The van der Waals surface area contributed by atoms with Crippen molar-refractivity contribution < 1.29 is 0 Å². The summed E-state index contributed by atoms with van der Waals surface area (Å²) in [5.74, 6) is 1.12. The molecule has 0 amide bonds. The van der Waals surface area contributed by atoms with Crippen LogP contribution < -0.4 is 5.73 Å². The van der Waals surface area contributed by atoms with E-state index in [1.54, 1.807) is 29.5 Å². The van der Waals surface area contributed by atoms with Gasteiger partial charge in [0.15, 0.2) is 5.82 Å². The highest BCUT2D eigenvalue weighted by Crippen LogP contribution is 2.16. The third kappa shape index (κ3) is 2.22. The second-order valence-corrected chi connectivity index (χ2v) is 4.23. The highest BCUT2D eigenvalue weighted by molar-refractivity contribution is 5.51. The number of imidazole rings is 1. The summed E-state index contributed by atoms with van der Waals surface area (Å²) >= 11 is 0. The number of nitrogens with two attached hydrogens (primary N) is 1. The lowest BCUT2D eigenvalue weighted by molar-refractivity contribution is 0.606. The van der Waals surface area contributed by atoms with Gasteiger partial charge in [-0.15, -0.1) is 0 Å². The maximum absolute atomic E-state index is 5.77. The molecular formula is C12H14N8. The monoisotopic (exact) mass is 270 g/mol. The topological polar surface area (TPSA) is 100 Å². The Labute approximate surface area is 115 Å². The Morgan fingerprint density at radius 2 is 2.10 bits per heavy atom. The minimum Gasteiger partial charge on any atom is -0.368 e. The molecule has 0 atom stereocenters. The molecule has 3 aromatic rings. The van der Waals surface area contributed by atoms with E-state index in [1.807, 2.05) is 10.7 Å². The molecular weight excluding hydrogens is 256 g/mol. The number of anilines is 1. The molecule has 2 N–H and O–H groups in total. The Bertz CT molecular complexity index is 700. The van der Waals surface area contributed by atoms with E-state index in [0.29, 0.717) is 11.8 Å². The first-order valence-corrected chi connectivity index (χ1v) is 6.30. The summed E-state index contributed by atoms with van der Waals surface area (Å²) in [7, 11) is 0. The molecule has 0 bridgehead atoms. The van der Waals surface area contributed by atoms with E-state index >= 15 is 0 Å². The van der Waals surface area contributed by atoms with Gasteiger partial charge in [-0.1, -0.05) is 6.92 Å². The van der Waals surface area contributed by atoms with Crippen molar-refractivity contribution >= 4 is 5.95 Å². The number of aryl methyl sites for hydroxylation is 1. The first kappa shape index (κ1) is 12.3. The molecule has 0 saturated carbocycles. The van der Waals surface area contributed by atoms with Crippen LogP contribution in [0.2, 0.25) is 0 Å². The molecule has 0 aliphatic heterocycles. The van der Waals surface area contributed by atoms with Gasteiger partial charge in [0.25, 0.3) is 0 Å². The zero-order valence-corrected chi connectivity index (χ0v) is 11.0. The first-order valence-electron chi connectivity index (χ1n) is 6.30. The van der Waals surface area contributed by atoms with Gasteiger partial charge in [-0.25, -0.2) is 4.98 Å². The van der Waals surface area contributed by atoms with Crippen LogP contribution >= 0.6 is 0 Å². The Morgan fingerprint density at radius 3 is 2.85 bits per heavy atom. The van der Waals surface area contributed by atoms with Crippen molar-refractivity contribution in [1.82, 2.24) is 34.3 Å². The van der Waals surface area contributed by atoms with Gasteiger partial charge in [-0.3, -0.25) is 9.25 Å². The summed E-state index contributed by atoms with van der Waals surface area (Å²) in [6.45, 7) is 2.89. The molecule has 0 saturated heterocycles. The van der Waals surface area contributed by atoms with E-state index in [-0.39, 0.29) is 5.95 Å². The lowest BCUT2D eigenvalue weighted by Crippen LogP contribution is -2.09. The largest absolute Gasteiger partial charge is 0.368 e. The van der Waals surface area contributed by atoms with Crippen LogP contribution in [0.3, 0.4) is 0 Å². The molecule has 8 nitrogen and oxygen atoms in total. The van der Waals surface area contributed by atoms with E-state index in [9.17, 15) is 0 Å². The molecule has 20 heavy (non-hydrogen) atoms. The van der Waals surface area contributed by atoms with Crippen LogP contribution in [0, 0.1) is 0 Å². The van der Waals surface area contributed by atoms with Crippen molar-refractivity contribution in [2.24, 2.45) is 0 Å². The number of nitrogens with zero attached hydrogens (tertiary/aromatic N) is 7. The molecule has 0 aliphatic carbocycles. The molecule has 102 valence electrons. The smallest absolute Gasteiger partial charge is 0.240 e. The molecule has 8 heteroatoms. The van der Waals surface area contributed by atoms with Gasteiger partial charge >= 0.3 is 0 Å². The molecule has 0 spiro atoms. The standard InChI is InChI=1S/C12H14N8/c1-2-6-20-9(3-4-15-20)10-16-11(13)18-12(17-10)19-7-5-14-8-19/h3-5,7-8H,2,6H2,1H3,(H2,13,16,17,18). The van der Waals surface area contributed by atoms with E-state index < -0.39 is 0 Å². The van der Waals surface area contributed by atoms with Crippen molar-refractivity contribution in [3.63, 3.8) is 0 Å². The number of nitrogen functional groups attached to an aromatic ring is 1. The highest BCUT2D eigenvalue weighted by Gasteiger charge is 2.12. The van der Waals surface area contributed by atoms with Crippen LogP contribution in [0.1, 0.15) is 13.3 Å². The number of hydrogen-bond acceptors (Lipinski definition) is 6. The summed E-state index contributed by atoms with van der Waals surface area (Å²) in [6.07, 6.45) is 7.72. The third-order valence-electron chi connectivity index (χ3n) is 2.76. The Kier molecular flexibility index (Phi) is 3.12. The van der Waals surface area contributed by atoms with Crippen molar-refractivity contribution in [2.45, 2.75) is 19.9 Å². The normalized spacial score (nSPS) is 10.8. The predicted molar refractivity (Wildman–Crippen MR) is 72.9 cm³/mol. The highest BCUT2D eigenvalue weighted by atomic mass is 15.3. The fraction of sp³-hybridized carbons (Fsp3) is 0.250. The van der Waals surface area contributed by atoms with Crippen LogP contribution in [0.25, 0.3) is 17.5 Å². The summed E-state index contributed by atoms with van der Waals surface area (Å²) in [6, 6.07) is 1.86. The molecule has 0 aromatic carbocycles. The minimum atomic E-state index is 0.169. The predicted octanol–water partition coefficient (Wildman–Crippen LogP) is 0.913. The van der Waals surface area contributed by atoms with Crippen LogP contribution in [0.5, 0.6) is 0 Å². The molecule has 0 aliphatic rings. The first-order chi connectivity index (χ1) is 9.78. The van der Waals surface area contributed by atoms with Crippen LogP contribution in [0.15, 0.2) is 31.0 Å². The van der Waals surface area contributed by atoms with E-state index in [2.05, 4.69) is 32.0 Å². The summed E-state index contributed by atoms with van der Waals surface area (Å²) in [5, 5.41) is 4.26. The van der Waals surface area contributed by atoms with Crippen LogP contribution in [-0.4, -0.2) is 34.3 Å². The average Bonchev–Trinajstić information content (AvgIpc) is 3.09. The lowest BCUT2D eigenvalue weighted by atomic mass is 10.4. The van der Waals surface area contributed by atoms with Crippen molar-refractivity contribution in [3.05, 3.63) is 31.0 Å². The Morgan fingerprint density at radius 1 is 1.20 bits per heavy atom. The summed E-state index contributed by atoms with van der Waals surface area (Å²) < 4.78 is 3.54. The van der Waals surface area contributed by atoms with E-state index in [4.69, 9.17) is 5.73 Å². The van der Waals surface area contributed by atoms with Crippen molar-refractivity contribution in [1.29, 1.82) is 0 Å². The van der Waals surface area contributed by atoms with Gasteiger partial charge < -0.3 is 5.73 Å². The number of hydrogen-bond donors (Lipinski definition) is 1. The maximum Gasteiger partial charge on any atom is 0.240 e. The Balaban J connectivity index is 2.08. The maximum atomic E-state index is 5.77. The average molecular weight is 270 g/mol. The van der Waals surface area contributed by atoms with E-state index in [0.717, 1.165) is 18.7 Å². The summed E-state index contributed by atoms with van der Waals surface area (Å²) in [4.78, 5) is 16.7. The molecule has 0 fully saturated rings. The molecule has 0 radical (unpaired) electrons. The second kappa shape index (κ2) is 5.08. The number of rotatable bonds is 4.